The fourth-order valence-electron chi connectivity index (χ4n) is 1.64. The van der Waals surface area contributed by atoms with Crippen LogP contribution in [0.5, 0.6) is 0 Å². The molecule has 0 spiro atoms. The van der Waals surface area contributed by atoms with Gasteiger partial charge in [0.25, 0.3) is 0 Å². The first-order valence-electron chi connectivity index (χ1n) is 5.75. The number of amides is 1. The SMILES string of the molecule is NC(=O)c1csc(CNc2ccc(Br)c(C(F)(F)F)c2)c1. The van der Waals surface area contributed by atoms with Crippen molar-refractivity contribution in [1.82, 2.24) is 0 Å². The summed E-state index contributed by atoms with van der Waals surface area (Å²) < 4.78 is 38.3. The molecule has 21 heavy (non-hydrogen) atoms. The van der Waals surface area contributed by atoms with E-state index in [0.29, 0.717) is 17.8 Å². The second-order valence-electron chi connectivity index (χ2n) is 4.21. The number of nitrogens with one attached hydrogen (secondary N) is 1. The first-order chi connectivity index (χ1) is 9.77. The Morgan fingerprint density at radius 2 is 2.05 bits per heavy atom. The Morgan fingerprint density at radius 1 is 1.33 bits per heavy atom. The molecule has 0 aliphatic carbocycles. The van der Waals surface area contributed by atoms with Crippen LogP contribution in [0.15, 0.2) is 34.1 Å². The van der Waals surface area contributed by atoms with Crippen molar-refractivity contribution in [3.05, 3.63) is 50.1 Å². The molecule has 2 rings (SSSR count). The molecule has 1 amide bonds. The molecule has 8 heteroatoms. The van der Waals surface area contributed by atoms with E-state index in [0.717, 1.165) is 10.9 Å². The quantitative estimate of drug-likeness (QED) is 0.835. The zero-order valence-corrected chi connectivity index (χ0v) is 12.9. The Kier molecular flexibility index (Phi) is 4.58. The molecule has 0 unspecified atom stereocenters. The van der Waals surface area contributed by atoms with Gasteiger partial charge in [0.15, 0.2) is 0 Å². The topological polar surface area (TPSA) is 55.1 Å². The molecule has 1 aromatic heterocycles. The van der Waals surface area contributed by atoms with Crippen molar-refractivity contribution in [2.75, 3.05) is 5.32 Å². The Labute approximate surface area is 131 Å². The van der Waals surface area contributed by atoms with E-state index in [2.05, 4.69) is 21.2 Å². The minimum atomic E-state index is -4.42. The van der Waals surface area contributed by atoms with Crippen LogP contribution >= 0.6 is 27.3 Å². The Hall–Kier alpha value is -1.54. The van der Waals surface area contributed by atoms with E-state index in [4.69, 9.17) is 5.73 Å². The number of carbonyl (C=O) groups excluding carboxylic acids is 1. The number of rotatable bonds is 4. The number of hydrogen-bond acceptors (Lipinski definition) is 3. The number of halogens is 4. The second kappa shape index (κ2) is 6.07. The van der Waals surface area contributed by atoms with Gasteiger partial charge in [0.1, 0.15) is 0 Å². The third-order valence-electron chi connectivity index (χ3n) is 2.68. The highest BCUT2D eigenvalue weighted by Gasteiger charge is 2.33. The molecule has 3 N–H and O–H groups in total. The van der Waals surface area contributed by atoms with Crippen LogP contribution in [-0.2, 0) is 12.7 Å². The first kappa shape index (κ1) is 15.8. The first-order valence-corrected chi connectivity index (χ1v) is 7.42. The molecule has 112 valence electrons. The minimum Gasteiger partial charge on any atom is -0.380 e. The van der Waals surface area contributed by atoms with Gasteiger partial charge in [0.05, 0.1) is 11.1 Å². The van der Waals surface area contributed by atoms with Crippen molar-refractivity contribution < 1.29 is 18.0 Å². The van der Waals surface area contributed by atoms with Crippen LogP contribution in [0.2, 0.25) is 0 Å². The van der Waals surface area contributed by atoms with E-state index in [-0.39, 0.29) is 4.47 Å². The van der Waals surface area contributed by atoms with Gasteiger partial charge in [0.2, 0.25) is 5.91 Å². The summed E-state index contributed by atoms with van der Waals surface area (Å²) in [5, 5.41) is 4.50. The normalized spacial score (nSPS) is 11.4. The zero-order chi connectivity index (χ0) is 15.6. The van der Waals surface area contributed by atoms with Crippen molar-refractivity contribution in [2.45, 2.75) is 12.7 Å². The van der Waals surface area contributed by atoms with E-state index in [1.54, 1.807) is 17.5 Å². The number of primary amides is 1. The van der Waals surface area contributed by atoms with Gasteiger partial charge < -0.3 is 11.1 Å². The van der Waals surface area contributed by atoms with E-state index in [1.165, 1.54) is 17.4 Å². The van der Waals surface area contributed by atoms with Crippen LogP contribution in [0, 0.1) is 0 Å². The monoisotopic (exact) mass is 378 g/mol. The fraction of sp³-hybridized carbons (Fsp3) is 0.154. The number of carbonyl (C=O) groups is 1. The van der Waals surface area contributed by atoms with Crippen molar-refractivity contribution in [3.63, 3.8) is 0 Å². The molecule has 0 radical (unpaired) electrons. The average molecular weight is 379 g/mol. The number of alkyl halides is 3. The van der Waals surface area contributed by atoms with Crippen LogP contribution < -0.4 is 11.1 Å². The summed E-state index contributed by atoms with van der Waals surface area (Å²) in [6.45, 7) is 0.316. The number of thiophene rings is 1. The van der Waals surface area contributed by atoms with Gasteiger partial charge in [-0.1, -0.05) is 15.9 Å². The molecule has 3 nitrogen and oxygen atoms in total. The molecule has 1 heterocycles. The van der Waals surface area contributed by atoms with E-state index in [9.17, 15) is 18.0 Å². The highest BCUT2D eigenvalue weighted by atomic mass is 79.9. The van der Waals surface area contributed by atoms with Crippen LogP contribution in [0.1, 0.15) is 20.8 Å². The van der Waals surface area contributed by atoms with E-state index < -0.39 is 17.6 Å². The molecular weight excluding hydrogens is 369 g/mol. The maximum atomic E-state index is 12.8. The van der Waals surface area contributed by atoms with Crippen LogP contribution in [0.3, 0.4) is 0 Å². The number of anilines is 1. The van der Waals surface area contributed by atoms with Crippen LogP contribution in [0.4, 0.5) is 18.9 Å². The molecule has 0 atom stereocenters. The molecule has 1 aromatic carbocycles. The maximum Gasteiger partial charge on any atom is 0.417 e. The van der Waals surface area contributed by atoms with Gasteiger partial charge in [-0.05, 0) is 24.3 Å². The molecule has 0 saturated heterocycles. The van der Waals surface area contributed by atoms with Crippen molar-refractivity contribution >= 4 is 38.9 Å². The predicted molar refractivity (Wildman–Crippen MR) is 79.3 cm³/mol. The number of nitrogens with two attached hydrogens (primary N) is 1. The Bertz CT molecular complexity index is 670. The minimum absolute atomic E-state index is 0.00677. The average Bonchev–Trinajstić information content (AvgIpc) is 2.85. The standard InChI is InChI=1S/C13H10BrF3N2OS/c14-11-2-1-8(4-10(11)13(15,16)17)19-5-9-3-7(6-21-9)12(18)20/h1-4,6,19H,5H2,(H2,18,20). The highest BCUT2D eigenvalue weighted by molar-refractivity contribution is 9.10. The van der Waals surface area contributed by atoms with Crippen LogP contribution in [-0.4, -0.2) is 5.91 Å². The largest absolute Gasteiger partial charge is 0.417 e. The van der Waals surface area contributed by atoms with E-state index >= 15 is 0 Å². The third kappa shape index (κ3) is 3.98. The van der Waals surface area contributed by atoms with E-state index in [1.807, 2.05) is 0 Å². The highest BCUT2D eigenvalue weighted by Crippen LogP contribution is 2.36. The van der Waals surface area contributed by atoms with Gasteiger partial charge >= 0.3 is 6.18 Å². The molecule has 0 aliphatic rings. The number of benzene rings is 1. The number of hydrogen-bond donors (Lipinski definition) is 2. The van der Waals surface area contributed by atoms with Gasteiger partial charge in [0, 0.05) is 27.0 Å². The zero-order valence-electron chi connectivity index (χ0n) is 10.5. The molecule has 2 aromatic rings. The summed E-state index contributed by atoms with van der Waals surface area (Å²) in [4.78, 5) is 11.8. The predicted octanol–water partition coefficient (Wildman–Crippen LogP) is 4.24. The fourth-order valence-corrected chi connectivity index (χ4v) is 2.93. The van der Waals surface area contributed by atoms with Gasteiger partial charge in [-0.15, -0.1) is 11.3 Å². The molecule has 0 saturated carbocycles. The smallest absolute Gasteiger partial charge is 0.380 e. The summed E-state index contributed by atoms with van der Waals surface area (Å²) in [6.07, 6.45) is -4.42. The lowest BCUT2D eigenvalue weighted by molar-refractivity contribution is -0.138. The van der Waals surface area contributed by atoms with Crippen molar-refractivity contribution in [3.8, 4) is 0 Å². The molecule has 0 fully saturated rings. The van der Waals surface area contributed by atoms with Gasteiger partial charge in [-0.2, -0.15) is 13.2 Å². The van der Waals surface area contributed by atoms with Gasteiger partial charge in [-0.3, -0.25) is 4.79 Å². The van der Waals surface area contributed by atoms with Crippen LogP contribution in [0.25, 0.3) is 0 Å². The summed E-state index contributed by atoms with van der Waals surface area (Å²) in [5.41, 5.74) is 5.14. The molecular formula is C13H10BrF3N2OS. The summed E-state index contributed by atoms with van der Waals surface area (Å²) >= 11 is 4.20. The van der Waals surface area contributed by atoms with Crippen molar-refractivity contribution in [2.24, 2.45) is 5.73 Å². The van der Waals surface area contributed by atoms with Gasteiger partial charge in [-0.25, -0.2) is 0 Å². The van der Waals surface area contributed by atoms with Crippen molar-refractivity contribution in [1.29, 1.82) is 0 Å². The lowest BCUT2D eigenvalue weighted by atomic mass is 10.2. The third-order valence-corrected chi connectivity index (χ3v) is 4.31. The maximum absolute atomic E-state index is 12.8. The second-order valence-corrected chi connectivity index (χ2v) is 6.06. The lowest BCUT2D eigenvalue weighted by Crippen LogP contribution is -2.09. The summed E-state index contributed by atoms with van der Waals surface area (Å²) in [6, 6.07) is 5.53. The molecule has 0 aliphatic heterocycles. The summed E-state index contributed by atoms with van der Waals surface area (Å²) in [5.74, 6) is -0.527. The summed E-state index contributed by atoms with van der Waals surface area (Å²) in [7, 11) is 0. The Balaban J connectivity index is 2.11. The lowest BCUT2D eigenvalue weighted by Gasteiger charge is -2.12. The molecule has 0 bridgehead atoms. The Morgan fingerprint density at radius 3 is 2.62 bits per heavy atom.